The first kappa shape index (κ1) is 17.4. The summed E-state index contributed by atoms with van der Waals surface area (Å²) in [7, 11) is 0. The third-order valence-electron chi connectivity index (χ3n) is 3.94. The second-order valence-electron chi connectivity index (χ2n) is 6.49. The van der Waals surface area contributed by atoms with Gasteiger partial charge in [0.1, 0.15) is 0 Å². The highest BCUT2D eigenvalue weighted by atomic mass is 32.1. The van der Waals surface area contributed by atoms with Crippen LogP contribution < -0.4 is 10.9 Å². The van der Waals surface area contributed by atoms with Crippen LogP contribution in [-0.2, 0) is 6.54 Å². The van der Waals surface area contributed by atoms with Crippen molar-refractivity contribution in [2.75, 3.05) is 0 Å². The van der Waals surface area contributed by atoms with Crippen LogP contribution in [0.2, 0.25) is 0 Å². The molecule has 130 valence electrons. The molecule has 0 radical (unpaired) electrons. The number of aromatic nitrogens is 2. The Morgan fingerprint density at radius 1 is 1.16 bits per heavy atom. The zero-order valence-corrected chi connectivity index (χ0v) is 15.3. The first-order chi connectivity index (χ1) is 12.0. The lowest BCUT2D eigenvalue weighted by atomic mass is 10.1. The van der Waals surface area contributed by atoms with Crippen LogP contribution in [-0.4, -0.2) is 15.7 Å². The third kappa shape index (κ3) is 3.64. The Kier molecular flexibility index (Phi) is 4.99. The largest absolute Gasteiger partial charge is 0.343 e. The lowest BCUT2D eigenvalue weighted by Gasteiger charge is -2.15. The highest BCUT2D eigenvalue weighted by molar-refractivity contribution is 7.10. The van der Waals surface area contributed by atoms with Crippen molar-refractivity contribution >= 4 is 28.0 Å². The van der Waals surface area contributed by atoms with Crippen LogP contribution in [0.3, 0.4) is 0 Å². The first-order valence-corrected chi connectivity index (χ1v) is 9.19. The SMILES string of the molecule is CC(C)Cn1nc(C(=O)N[C@H](C)c2cccs2)c2ccccc2c1=O. The Hall–Kier alpha value is -2.47. The summed E-state index contributed by atoms with van der Waals surface area (Å²) in [4.78, 5) is 26.5. The molecule has 0 aliphatic heterocycles. The van der Waals surface area contributed by atoms with Crippen molar-refractivity contribution in [3.8, 4) is 0 Å². The number of thiophene rings is 1. The molecule has 1 N–H and O–H groups in total. The maximum absolute atomic E-state index is 12.8. The molecule has 3 aromatic rings. The van der Waals surface area contributed by atoms with Crippen molar-refractivity contribution in [1.82, 2.24) is 15.1 Å². The van der Waals surface area contributed by atoms with Gasteiger partial charge in [-0.1, -0.05) is 38.1 Å². The predicted molar refractivity (Wildman–Crippen MR) is 101 cm³/mol. The number of carbonyl (C=O) groups excluding carboxylic acids is 1. The van der Waals surface area contributed by atoms with E-state index < -0.39 is 0 Å². The molecule has 3 rings (SSSR count). The van der Waals surface area contributed by atoms with Gasteiger partial charge in [-0.3, -0.25) is 9.59 Å². The number of carbonyl (C=O) groups is 1. The fourth-order valence-electron chi connectivity index (χ4n) is 2.75. The quantitative estimate of drug-likeness (QED) is 0.760. The van der Waals surface area contributed by atoms with E-state index in [0.717, 1.165) is 4.88 Å². The van der Waals surface area contributed by atoms with Gasteiger partial charge in [-0.2, -0.15) is 5.10 Å². The highest BCUT2D eigenvalue weighted by Gasteiger charge is 2.19. The van der Waals surface area contributed by atoms with Gasteiger partial charge in [-0.05, 0) is 30.4 Å². The second kappa shape index (κ2) is 7.19. The molecule has 0 saturated heterocycles. The van der Waals surface area contributed by atoms with Crippen LogP contribution in [0.25, 0.3) is 10.8 Å². The predicted octanol–water partition coefficient (Wildman–Crippen LogP) is 3.61. The number of nitrogens with zero attached hydrogens (tertiary/aromatic N) is 2. The third-order valence-corrected chi connectivity index (χ3v) is 4.99. The van der Waals surface area contributed by atoms with Gasteiger partial charge in [0.15, 0.2) is 5.69 Å². The molecule has 0 unspecified atom stereocenters. The molecule has 1 amide bonds. The smallest absolute Gasteiger partial charge is 0.274 e. The second-order valence-corrected chi connectivity index (χ2v) is 7.47. The molecular weight excluding hydrogens is 334 g/mol. The Labute approximate surface area is 150 Å². The van der Waals surface area contributed by atoms with E-state index in [-0.39, 0.29) is 23.4 Å². The van der Waals surface area contributed by atoms with Gasteiger partial charge in [0, 0.05) is 16.8 Å². The minimum absolute atomic E-state index is 0.112. The number of benzene rings is 1. The number of amides is 1. The van der Waals surface area contributed by atoms with Crippen LogP contribution in [0.15, 0.2) is 46.6 Å². The summed E-state index contributed by atoms with van der Waals surface area (Å²) in [6.07, 6.45) is 0. The van der Waals surface area contributed by atoms with E-state index in [1.807, 2.05) is 44.4 Å². The standard InChI is InChI=1S/C19H21N3O2S/c1-12(2)11-22-19(24)15-8-5-4-7-14(15)17(21-22)18(23)20-13(3)16-9-6-10-25-16/h4-10,12-13H,11H2,1-3H3,(H,20,23)/t13-/m1/s1. The van der Waals surface area contributed by atoms with Crippen LogP contribution in [0.5, 0.6) is 0 Å². The summed E-state index contributed by atoms with van der Waals surface area (Å²) in [6, 6.07) is 11.0. The van der Waals surface area contributed by atoms with Crippen LogP contribution >= 0.6 is 11.3 Å². The van der Waals surface area contributed by atoms with E-state index in [1.165, 1.54) is 4.68 Å². The van der Waals surface area contributed by atoms with Crippen molar-refractivity contribution in [2.24, 2.45) is 5.92 Å². The monoisotopic (exact) mass is 355 g/mol. The highest BCUT2D eigenvalue weighted by Crippen LogP contribution is 2.20. The Morgan fingerprint density at radius 2 is 1.88 bits per heavy atom. The molecule has 5 nitrogen and oxygen atoms in total. The summed E-state index contributed by atoms with van der Waals surface area (Å²) in [5.41, 5.74) is 0.131. The lowest BCUT2D eigenvalue weighted by molar-refractivity contribution is 0.0934. The summed E-state index contributed by atoms with van der Waals surface area (Å²) >= 11 is 1.60. The van der Waals surface area contributed by atoms with Crippen LogP contribution in [0, 0.1) is 5.92 Å². The molecule has 2 heterocycles. The average molecular weight is 355 g/mol. The molecule has 2 aromatic heterocycles. The lowest BCUT2D eigenvalue weighted by Crippen LogP contribution is -2.32. The number of hydrogen-bond acceptors (Lipinski definition) is 4. The average Bonchev–Trinajstić information content (AvgIpc) is 3.11. The zero-order chi connectivity index (χ0) is 18.0. The topological polar surface area (TPSA) is 64.0 Å². The van der Waals surface area contributed by atoms with Gasteiger partial charge in [0.2, 0.25) is 0 Å². The van der Waals surface area contributed by atoms with E-state index in [2.05, 4.69) is 10.4 Å². The zero-order valence-electron chi connectivity index (χ0n) is 14.5. The molecule has 25 heavy (non-hydrogen) atoms. The molecule has 0 bridgehead atoms. The number of fused-ring (bicyclic) bond motifs is 1. The van der Waals surface area contributed by atoms with E-state index in [4.69, 9.17) is 0 Å². The van der Waals surface area contributed by atoms with Gasteiger partial charge in [-0.25, -0.2) is 4.68 Å². The van der Waals surface area contributed by atoms with Crippen molar-refractivity contribution in [2.45, 2.75) is 33.4 Å². The normalized spacial score (nSPS) is 12.5. The molecule has 0 aliphatic carbocycles. The molecular formula is C19H21N3O2S. The molecule has 6 heteroatoms. The minimum atomic E-state index is -0.269. The fourth-order valence-corrected chi connectivity index (χ4v) is 3.48. The number of rotatable bonds is 5. The summed E-state index contributed by atoms with van der Waals surface area (Å²) < 4.78 is 1.40. The number of hydrogen-bond donors (Lipinski definition) is 1. The maximum atomic E-state index is 12.8. The molecule has 0 saturated carbocycles. The Bertz CT molecular complexity index is 945. The van der Waals surface area contributed by atoms with Gasteiger partial charge in [-0.15, -0.1) is 11.3 Å². The Morgan fingerprint density at radius 3 is 2.52 bits per heavy atom. The summed E-state index contributed by atoms with van der Waals surface area (Å²) in [5.74, 6) is -0.0121. The van der Waals surface area contributed by atoms with Crippen molar-refractivity contribution in [3.05, 3.63) is 62.7 Å². The molecule has 0 spiro atoms. The molecule has 1 atom stereocenters. The van der Waals surface area contributed by atoms with E-state index in [1.54, 1.807) is 29.5 Å². The minimum Gasteiger partial charge on any atom is -0.343 e. The van der Waals surface area contributed by atoms with Gasteiger partial charge < -0.3 is 5.32 Å². The summed E-state index contributed by atoms with van der Waals surface area (Å²) in [6.45, 7) is 6.45. The van der Waals surface area contributed by atoms with Crippen molar-refractivity contribution < 1.29 is 4.79 Å². The van der Waals surface area contributed by atoms with E-state index in [9.17, 15) is 9.59 Å². The van der Waals surface area contributed by atoms with Gasteiger partial charge in [0.25, 0.3) is 11.5 Å². The van der Waals surface area contributed by atoms with Crippen LogP contribution in [0.4, 0.5) is 0 Å². The molecule has 0 aliphatic rings. The van der Waals surface area contributed by atoms with E-state index in [0.29, 0.717) is 23.0 Å². The first-order valence-electron chi connectivity index (χ1n) is 8.31. The van der Waals surface area contributed by atoms with Crippen molar-refractivity contribution in [3.63, 3.8) is 0 Å². The molecule has 0 fully saturated rings. The van der Waals surface area contributed by atoms with Gasteiger partial charge in [0.05, 0.1) is 11.4 Å². The van der Waals surface area contributed by atoms with E-state index >= 15 is 0 Å². The van der Waals surface area contributed by atoms with Crippen molar-refractivity contribution in [1.29, 1.82) is 0 Å². The fraction of sp³-hybridized carbons (Fsp3) is 0.316. The Balaban J connectivity index is 2.03. The summed E-state index contributed by atoms with van der Waals surface area (Å²) in [5, 5.41) is 10.4. The maximum Gasteiger partial charge on any atom is 0.274 e. The number of nitrogens with one attached hydrogen (secondary N) is 1. The van der Waals surface area contributed by atoms with Crippen LogP contribution in [0.1, 0.15) is 42.2 Å². The van der Waals surface area contributed by atoms with Gasteiger partial charge >= 0.3 is 0 Å². The molecule has 1 aromatic carbocycles.